The molecule has 1 saturated carbocycles. The first-order chi connectivity index (χ1) is 9.21. The minimum atomic E-state index is -0.0170. The lowest BCUT2D eigenvalue weighted by Gasteiger charge is -2.40. The highest BCUT2D eigenvalue weighted by Gasteiger charge is 2.36. The van der Waals surface area contributed by atoms with Crippen molar-refractivity contribution >= 4 is 29.0 Å². The molecular weight excluding hydrogens is 276 g/mol. The van der Waals surface area contributed by atoms with Gasteiger partial charge in [0.05, 0.1) is 6.54 Å². The largest absolute Gasteiger partial charge is 0.350 e. The maximum Gasteiger partial charge on any atom is 0.262 e. The molecule has 0 saturated heterocycles. The van der Waals surface area contributed by atoms with Gasteiger partial charge >= 0.3 is 0 Å². The van der Waals surface area contributed by atoms with E-state index < -0.39 is 0 Å². The summed E-state index contributed by atoms with van der Waals surface area (Å²) in [6.07, 6.45) is 5.77. The summed E-state index contributed by atoms with van der Waals surface area (Å²) in [6, 6.07) is 1.87. The van der Waals surface area contributed by atoms with Crippen LogP contribution in [-0.2, 0) is 0 Å². The van der Waals surface area contributed by atoms with E-state index in [0.717, 1.165) is 12.1 Å². The molecule has 0 radical (unpaired) electrons. The van der Waals surface area contributed by atoms with Crippen LogP contribution < -0.4 is 11.1 Å². The molecule has 0 spiro atoms. The Labute approximate surface area is 122 Å². The molecule has 0 unspecified atom stereocenters. The van der Waals surface area contributed by atoms with Crippen molar-refractivity contribution in [1.82, 2.24) is 5.32 Å². The monoisotopic (exact) mass is 294 g/mol. The fourth-order valence-corrected chi connectivity index (χ4v) is 3.75. The van der Waals surface area contributed by atoms with Crippen molar-refractivity contribution in [2.45, 2.75) is 24.0 Å². The third kappa shape index (κ3) is 3.33. The molecule has 1 aliphatic rings. The highest BCUT2D eigenvalue weighted by molar-refractivity contribution is 8.00. The number of hydrogen-bond donors (Lipinski definition) is 2. The van der Waals surface area contributed by atoms with Gasteiger partial charge in [0, 0.05) is 16.9 Å². The van der Waals surface area contributed by atoms with E-state index in [1.54, 1.807) is 0 Å². The predicted octanol–water partition coefficient (Wildman–Crippen LogP) is 2.07. The number of rotatable bonds is 4. The average molecular weight is 294 g/mol. The predicted molar refractivity (Wildman–Crippen MR) is 82.7 cm³/mol. The van der Waals surface area contributed by atoms with Gasteiger partial charge in [-0.1, -0.05) is 18.3 Å². The van der Waals surface area contributed by atoms with Crippen LogP contribution in [0.5, 0.6) is 0 Å². The molecule has 0 bridgehead atoms. The number of amides is 1. The number of thiophene rings is 1. The van der Waals surface area contributed by atoms with Crippen molar-refractivity contribution in [2.75, 3.05) is 19.3 Å². The highest BCUT2D eigenvalue weighted by Crippen LogP contribution is 2.42. The van der Waals surface area contributed by atoms with Gasteiger partial charge in [-0.25, -0.2) is 0 Å². The van der Waals surface area contributed by atoms with Crippen LogP contribution in [-0.4, -0.2) is 30.0 Å². The zero-order valence-electron chi connectivity index (χ0n) is 11.0. The van der Waals surface area contributed by atoms with E-state index in [-0.39, 0.29) is 10.7 Å². The van der Waals surface area contributed by atoms with E-state index in [1.165, 1.54) is 30.6 Å². The van der Waals surface area contributed by atoms with Gasteiger partial charge in [0.25, 0.3) is 5.91 Å². The van der Waals surface area contributed by atoms with Gasteiger partial charge in [-0.05, 0) is 30.5 Å². The van der Waals surface area contributed by atoms with Crippen molar-refractivity contribution in [3.8, 4) is 11.8 Å². The molecule has 0 aromatic carbocycles. The summed E-state index contributed by atoms with van der Waals surface area (Å²) in [6.45, 7) is 1.06. The van der Waals surface area contributed by atoms with Crippen molar-refractivity contribution in [1.29, 1.82) is 0 Å². The minimum Gasteiger partial charge on any atom is -0.350 e. The van der Waals surface area contributed by atoms with Crippen molar-refractivity contribution in [3.63, 3.8) is 0 Å². The summed E-state index contributed by atoms with van der Waals surface area (Å²) in [4.78, 5) is 12.9. The lowest BCUT2D eigenvalue weighted by molar-refractivity contribution is 0.0948. The molecule has 1 heterocycles. The summed E-state index contributed by atoms with van der Waals surface area (Å²) in [5.74, 6) is 5.72. The molecule has 1 fully saturated rings. The van der Waals surface area contributed by atoms with Crippen LogP contribution in [0.4, 0.5) is 0 Å². The Morgan fingerprint density at radius 1 is 1.63 bits per heavy atom. The number of nitrogens with two attached hydrogens (primary N) is 1. The summed E-state index contributed by atoms with van der Waals surface area (Å²) < 4.78 is 0.260. The summed E-state index contributed by atoms with van der Waals surface area (Å²) in [7, 11) is 0. The van der Waals surface area contributed by atoms with Crippen LogP contribution in [0.15, 0.2) is 11.4 Å². The second-order valence-electron chi connectivity index (χ2n) is 4.59. The van der Waals surface area contributed by atoms with E-state index in [2.05, 4.69) is 23.4 Å². The van der Waals surface area contributed by atoms with Crippen molar-refractivity contribution in [2.24, 2.45) is 5.73 Å². The zero-order valence-corrected chi connectivity index (χ0v) is 12.6. The molecule has 1 aromatic heterocycles. The highest BCUT2D eigenvalue weighted by atomic mass is 32.2. The third-order valence-corrected chi connectivity index (χ3v) is 5.80. The first-order valence-electron chi connectivity index (χ1n) is 6.30. The van der Waals surface area contributed by atoms with Crippen LogP contribution in [0.2, 0.25) is 0 Å². The second-order valence-corrected chi connectivity index (χ2v) is 6.78. The smallest absolute Gasteiger partial charge is 0.262 e. The fraction of sp³-hybridized carbons (Fsp3) is 0.500. The molecule has 102 valence electrons. The van der Waals surface area contributed by atoms with Crippen LogP contribution >= 0.6 is 23.1 Å². The minimum absolute atomic E-state index is 0.0170. The van der Waals surface area contributed by atoms with E-state index in [0.29, 0.717) is 11.4 Å². The quantitative estimate of drug-likeness (QED) is 0.836. The molecular formula is C14H18N2OS2. The van der Waals surface area contributed by atoms with E-state index in [1.807, 2.05) is 23.2 Å². The molecule has 1 aromatic rings. The molecule has 19 heavy (non-hydrogen) atoms. The van der Waals surface area contributed by atoms with Crippen LogP contribution in [0.1, 0.15) is 34.5 Å². The molecule has 5 heteroatoms. The van der Waals surface area contributed by atoms with Gasteiger partial charge in [0.1, 0.15) is 4.88 Å². The lowest BCUT2D eigenvalue weighted by atomic mass is 9.84. The Morgan fingerprint density at radius 2 is 2.42 bits per heavy atom. The SMILES string of the molecule is CSC1(CNC(=O)c2sccc2C#CCN)CCC1. The normalized spacial score (nSPS) is 16.1. The molecule has 3 nitrogen and oxygen atoms in total. The van der Waals surface area contributed by atoms with Crippen molar-refractivity contribution in [3.05, 3.63) is 21.9 Å². The Morgan fingerprint density at radius 3 is 3.00 bits per heavy atom. The fourth-order valence-electron chi connectivity index (χ4n) is 2.08. The van der Waals surface area contributed by atoms with Gasteiger partial charge in [-0.15, -0.1) is 11.3 Å². The average Bonchev–Trinajstić information content (AvgIpc) is 2.83. The lowest BCUT2D eigenvalue weighted by Crippen LogP contribution is -2.45. The van der Waals surface area contributed by atoms with E-state index in [9.17, 15) is 4.79 Å². The topological polar surface area (TPSA) is 55.1 Å². The molecule has 3 N–H and O–H groups in total. The van der Waals surface area contributed by atoms with Crippen LogP contribution in [0.25, 0.3) is 0 Å². The number of hydrogen-bond acceptors (Lipinski definition) is 4. The van der Waals surface area contributed by atoms with Gasteiger partial charge in [0.15, 0.2) is 0 Å². The van der Waals surface area contributed by atoms with Crippen LogP contribution in [0, 0.1) is 11.8 Å². The number of carbonyl (C=O) groups excluding carboxylic acids is 1. The Bertz CT molecular complexity index is 503. The first-order valence-corrected chi connectivity index (χ1v) is 8.41. The molecule has 0 aliphatic heterocycles. The van der Waals surface area contributed by atoms with Crippen LogP contribution in [0.3, 0.4) is 0 Å². The van der Waals surface area contributed by atoms with Gasteiger partial charge in [-0.3, -0.25) is 4.79 Å². The van der Waals surface area contributed by atoms with Gasteiger partial charge in [0.2, 0.25) is 0 Å². The standard InChI is InChI=1S/C14H18N2OS2/c1-18-14(6-3-7-14)10-16-13(17)12-11(4-2-8-15)5-9-19-12/h5,9H,3,6-8,10,15H2,1H3,(H,16,17). The molecule has 1 amide bonds. The molecule has 1 aliphatic carbocycles. The summed E-state index contributed by atoms with van der Waals surface area (Å²) in [5, 5.41) is 4.94. The summed E-state index contributed by atoms with van der Waals surface area (Å²) in [5.41, 5.74) is 6.13. The van der Waals surface area contributed by atoms with E-state index in [4.69, 9.17) is 5.73 Å². The first kappa shape index (κ1) is 14.4. The second kappa shape index (κ2) is 6.47. The van der Waals surface area contributed by atoms with Gasteiger partial charge < -0.3 is 11.1 Å². The Hall–Kier alpha value is -0.960. The Kier molecular flexibility index (Phi) is 4.92. The third-order valence-electron chi connectivity index (χ3n) is 3.47. The zero-order chi connectivity index (χ0) is 13.7. The van der Waals surface area contributed by atoms with Gasteiger partial charge in [-0.2, -0.15) is 11.8 Å². The number of carbonyl (C=O) groups is 1. The Balaban J connectivity index is 1.98. The number of thioether (sulfide) groups is 1. The summed E-state index contributed by atoms with van der Waals surface area (Å²) >= 11 is 3.29. The number of nitrogens with one attached hydrogen (secondary N) is 1. The molecule has 0 atom stereocenters. The maximum absolute atomic E-state index is 12.2. The van der Waals surface area contributed by atoms with Crippen molar-refractivity contribution < 1.29 is 4.79 Å². The van der Waals surface area contributed by atoms with E-state index >= 15 is 0 Å². The maximum atomic E-state index is 12.2. The molecule has 2 rings (SSSR count).